The summed E-state index contributed by atoms with van der Waals surface area (Å²) < 4.78 is 0. The highest BCUT2D eigenvalue weighted by atomic mass is 14.4. The van der Waals surface area contributed by atoms with Crippen LogP contribution in [0.3, 0.4) is 0 Å². The lowest BCUT2D eigenvalue weighted by atomic mass is 9.63. The minimum Gasteiger partial charge on any atom is -0.0993 e. The van der Waals surface area contributed by atoms with Crippen molar-refractivity contribution in [3.8, 4) is 0 Å². The largest absolute Gasteiger partial charge is 0.0993 e. The van der Waals surface area contributed by atoms with Gasteiger partial charge < -0.3 is 0 Å². The molecule has 0 heterocycles. The summed E-state index contributed by atoms with van der Waals surface area (Å²) in [5.41, 5.74) is 4.92. The maximum atomic E-state index is 4.55. The highest BCUT2D eigenvalue weighted by Gasteiger charge is 2.36. The summed E-state index contributed by atoms with van der Waals surface area (Å²) in [5.74, 6) is 5.20. The van der Waals surface area contributed by atoms with Crippen molar-refractivity contribution < 1.29 is 0 Å². The van der Waals surface area contributed by atoms with Gasteiger partial charge in [-0.1, -0.05) is 106 Å². The number of hydrogen-bond acceptors (Lipinski definition) is 0. The first-order chi connectivity index (χ1) is 13.0. The molecule has 0 aliphatic carbocycles. The fraction of sp³-hybridized carbons (Fsp3) is 0.857. The lowest BCUT2D eigenvalue weighted by molar-refractivity contribution is 0.185. The Morgan fingerprint density at radius 3 is 1.61 bits per heavy atom. The molecule has 0 aliphatic heterocycles. The predicted molar refractivity (Wildman–Crippen MR) is 131 cm³/mol. The number of rotatable bonds is 13. The van der Waals surface area contributed by atoms with E-state index in [0.29, 0.717) is 47.3 Å². The van der Waals surface area contributed by atoms with Crippen LogP contribution in [0.15, 0.2) is 23.3 Å². The molecule has 0 aromatic carbocycles. The van der Waals surface area contributed by atoms with Gasteiger partial charge in [0, 0.05) is 0 Å². The van der Waals surface area contributed by atoms with E-state index in [1.807, 2.05) is 0 Å². The van der Waals surface area contributed by atoms with E-state index >= 15 is 0 Å². The summed E-state index contributed by atoms with van der Waals surface area (Å²) in [5, 5.41) is 0. The Hall–Kier alpha value is -0.520. The van der Waals surface area contributed by atoms with Gasteiger partial charge in [-0.2, -0.15) is 0 Å². The normalized spacial score (nSPS) is 20.8. The fourth-order valence-electron chi connectivity index (χ4n) is 4.98. The fourth-order valence-corrected chi connectivity index (χ4v) is 4.98. The van der Waals surface area contributed by atoms with Gasteiger partial charge in [-0.15, -0.1) is 0 Å². The van der Waals surface area contributed by atoms with E-state index in [1.54, 1.807) is 11.1 Å². The smallest absolute Gasteiger partial charge is 0.0138 e. The zero-order valence-electron chi connectivity index (χ0n) is 21.7. The van der Waals surface area contributed by atoms with Crippen LogP contribution in [0.25, 0.3) is 0 Å². The minimum atomic E-state index is 0.565. The van der Waals surface area contributed by atoms with Gasteiger partial charge in [0.2, 0.25) is 0 Å². The van der Waals surface area contributed by atoms with Crippen molar-refractivity contribution in [2.75, 3.05) is 0 Å². The van der Waals surface area contributed by atoms with Gasteiger partial charge in [0.05, 0.1) is 0 Å². The van der Waals surface area contributed by atoms with E-state index in [4.69, 9.17) is 0 Å². The Balaban J connectivity index is 6.36. The monoisotopic (exact) mass is 390 g/mol. The number of hydrogen-bond donors (Lipinski definition) is 0. The van der Waals surface area contributed by atoms with Crippen LogP contribution in [0.2, 0.25) is 0 Å². The molecule has 0 bridgehead atoms. The van der Waals surface area contributed by atoms with E-state index in [0.717, 1.165) is 0 Å². The molecule has 0 radical (unpaired) electrons. The van der Waals surface area contributed by atoms with Crippen LogP contribution in [0.5, 0.6) is 0 Å². The maximum Gasteiger partial charge on any atom is -0.0138 e. The Kier molecular flexibility index (Phi) is 12.7. The molecule has 0 N–H and O–H groups in total. The molecule has 0 heteroatoms. The quantitative estimate of drug-likeness (QED) is 0.274. The van der Waals surface area contributed by atoms with Crippen molar-refractivity contribution in [1.82, 2.24) is 0 Å². The summed E-state index contributed by atoms with van der Waals surface area (Å²) in [7, 11) is 0. The predicted octanol–water partition coefficient (Wildman–Crippen LogP) is 9.57. The Morgan fingerprint density at radius 1 is 0.714 bits per heavy atom. The molecule has 0 aliphatic rings. The highest BCUT2D eigenvalue weighted by Crippen LogP contribution is 2.45. The van der Waals surface area contributed by atoms with Gasteiger partial charge in [0.1, 0.15) is 0 Å². The molecular formula is C28H54. The molecule has 166 valence electrons. The third-order valence-electron chi connectivity index (χ3n) is 8.22. The van der Waals surface area contributed by atoms with Crippen molar-refractivity contribution in [1.29, 1.82) is 0 Å². The van der Waals surface area contributed by atoms with E-state index in [2.05, 4.69) is 89.7 Å². The van der Waals surface area contributed by atoms with Crippen molar-refractivity contribution in [2.45, 2.75) is 109 Å². The zero-order chi connectivity index (χ0) is 22.2. The molecule has 0 amide bonds. The van der Waals surface area contributed by atoms with Crippen molar-refractivity contribution in [3.63, 3.8) is 0 Å². The first-order valence-corrected chi connectivity index (χ1v) is 12.3. The second kappa shape index (κ2) is 12.9. The highest BCUT2D eigenvalue weighted by molar-refractivity contribution is 5.23. The van der Waals surface area contributed by atoms with Crippen LogP contribution in [-0.2, 0) is 0 Å². The van der Waals surface area contributed by atoms with Gasteiger partial charge in [-0.05, 0) is 73.5 Å². The molecular weight excluding hydrogens is 336 g/mol. The summed E-state index contributed by atoms with van der Waals surface area (Å²) in [6.45, 7) is 33.5. The molecule has 28 heavy (non-hydrogen) atoms. The Labute approximate surface area is 179 Å². The van der Waals surface area contributed by atoms with Crippen LogP contribution in [0, 0.1) is 47.3 Å². The second-order valence-electron chi connectivity index (χ2n) is 10.3. The molecule has 0 aromatic heterocycles. The SMILES string of the molecule is C=C(C(C)CC)C(C)C(C)C(C(=C(C)C(C)CC)C(C)CCC)C(C)C(C)C. The van der Waals surface area contributed by atoms with Gasteiger partial charge in [-0.3, -0.25) is 0 Å². The van der Waals surface area contributed by atoms with Gasteiger partial charge in [0.15, 0.2) is 0 Å². The lowest BCUT2D eigenvalue weighted by Gasteiger charge is -2.42. The molecule has 0 nitrogen and oxygen atoms in total. The topological polar surface area (TPSA) is 0 Å². The van der Waals surface area contributed by atoms with Gasteiger partial charge >= 0.3 is 0 Å². The van der Waals surface area contributed by atoms with Gasteiger partial charge in [0.25, 0.3) is 0 Å². The molecule has 0 saturated heterocycles. The van der Waals surface area contributed by atoms with Crippen LogP contribution < -0.4 is 0 Å². The van der Waals surface area contributed by atoms with Crippen LogP contribution in [0.4, 0.5) is 0 Å². The van der Waals surface area contributed by atoms with Crippen LogP contribution in [0.1, 0.15) is 109 Å². The molecule has 7 unspecified atom stereocenters. The minimum absolute atomic E-state index is 0.565. The van der Waals surface area contributed by atoms with E-state index in [-0.39, 0.29) is 0 Å². The zero-order valence-corrected chi connectivity index (χ0v) is 21.7. The Bertz CT molecular complexity index is 480. The van der Waals surface area contributed by atoms with Crippen molar-refractivity contribution >= 4 is 0 Å². The lowest BCUT2D eigenvalue weighted by Crippen LogP contribution is -2.33. The van der Waals surface area contributed by atoms with Crippen LogP contribution in [-0.4, -0.2) is 0 Å². The second-order valence-corrected chi connectivity index (χ2v) is 10.3. The van der Waals surface area contributed by atoms with Gasteiger partial charge in [-0.25, -0.2) is 0 Å². The number of allylic oxidation sites excluding steroid dienone is 3. The third-order valence-corrected chi connectivity index (χ3v) is 8.22. The summed E-state index contributed by atoms with van der Waals surface area (Å²) in [4.78, 5) is 0. The average Bonchev–Trinajstić information content (AvgIpc) is 2.67. The first kappa shape index (κ1) is 27.5. The third kappa shape index (κ3) is 7.07. The summed E-state index contributed by atoms with van der Waals surface area (Å²) in [6.07, 6.45) is 5.00. The van der Waals surface area contributed by atoms with E-state index < -0.39 is 0 Å². The standard InChI is InChI=1S/C28H54/c1-14-17-21(8)27(24(11)20(7)16-3)28(22(9)18(4)5)26(13)25(12)23(10)19(6)15-2/h18-22,25-26,28H,10,14-17H2,1-9,11-13H3. The average molecular weight is 391 g/mol. The molecule has 7 atom stereocenters. The molecule has 0 fully saturated rings. The van der Waals surface area contributed by atoms with E-state index in [1.165, 1.54) is 31.3 Å². The molecule has 0 saturated carbocycles. The molecule has 0 rings (SSSR count). The first-order valence-electron chi connectivity index (χ1n) is 12.3. The van der Waals surface area contributed by atoms with Crippen LogP contribution >= 0.6 is 0 Å². The Morgan fingerprint density at radius 2 is 1.21 bits per heavy atom. The molecule has 0 spiro atoms. The van der Waals surface area contributed by atoms with Crippen molar-refractivity contribution in [2.24, 2.45) is 47.3 Å². The summed E-state index contributed by atoms with van der Waals surface area (Å²) in [6, 6.07) is 0. The molecule has 0 aromatic rings. The van der Waals surface area contributed by atoms with Crippen molar-refractivity contribution in [3.05, 3.63) is 23.3 Å². The summed E-state index contributed by atoms with van der Waals surface area (Å²) >= 11 is 0. The van der Waals surface area contributed by atoms with E-state index in [9.17, 15) is 0 Å². The maximum absolute atomic E-state index is 4.55.